The van der Waals surface area contributed by atoms with E-state index >= 15 is 0 Å². The van der Waals surface area contributed by atoms with Crippen LogP contribution in [0.4, 0.5) is 0 Å². The SMILES string of the molecule is Cc1ccc(C)cc1.O=Cc1ccc(Cl)cc1. The zero-order chi connectivity index (χ0) is 12.7. The van der Waals surface area contributed by atoms with Crippen molar-refractivity contribution in [1.29, 1.82) is 0 Å². The fraction of sp³-hybridized carbons (Fsp3) is 0.133. The quantitative estimate of drug-likeness (QED) is 0.679. The third-order valence-electron chi connectivity index (χ3n) is 2.22. The molecule has 88 valence electrons. The van der Waals surface area contributed by atoms with Crippen LogP contribution in [-0.2, 0) is 0 Å². The lowest BCUT2D eigenvalue weighted by atomic mass is 10.2. The maximum absolute atomic E-state index is 10.1. The number of benzene rings is 2. The molecule has 0 saturated carbocycles. The average molecular weight is 247 g/mol. The van der Waals surface area contributed by atoms with E-state index in [-0.39, 0.29) is 0 Å². The molecule has 0 aliphatic rings. The Morgan fingerprint density at radius 1 is 0.824 bits per heavy atom. The molecule has 0 spiro atoms. The van der Waals surface area contributed by atoms with E-state index < -0.39 is 0 Å². The zero-order valence-corrected chi connectivity index (χ0v) is 10.7. The van der Waals surface area contributed by atoms with E-state index in [1.165, 1.54) is 11.1 Å². The fourth-order valence-corrected chi connectivity index (χ4v) is 1.30. The summed E-state index contributed by atoms with van der Waals surface area (Å²) in [4.78, 5) is 10.1. The lowest BCUT2D eigenvalue weighted by Crippen LogP contribution is -1.74. The Kier molecular flexibility index (Phi) is 5.44. The zero-order valence-electron chi connectivity index (χ0n) is 9.98. The lowest BCUT2D eigenvalue weighted by Gasteiger charge is -1.90. The number of rotatable bonds is 1. The van der Waals surface area contributed by atoms with Crippen LogP contribution >= 0.6 is 11.6 Å². The monoisotopic (exact) mass is 246 g/mol. The van der Waals surface area contributed by atoms with Gasteiger partial charge >= 0.3 is 0 Å². The number of carbonyl (C=O) groups is 1. The van der Waals surface area contributed by atoms with E-state index in [1.54, 1.807) is 24.3 Å². The predicted molar refractivity (Wildman–Crippen MR) is 72.8 cm³/mol. The van der Waals surface area contributed by atoms with Gasteiger partial charge in [-0.1, -0.05) is 59.1 Å². The van der Waals surface area contributed by atoms with Gasteiger partial charge in [0.2, 0.25) is 0 Å². The summed E-state index contributed by atoms with van der Waals surface area (Å²) in [7, 11) is 0. The standard InChI is InChI=1S/C8H10.C7H5ClO/c1-7-3-5-8(2)6-4-7;8-7-3-1-6(5-9)2-4-7/h3-6H,1-2H3;1-5H. The van der Waals surface area contributed by atoms with Gasteiger partial charge in [0.15, 0.2) is 0 Å². The van der Waals surface area contributed by atoms with Crippen LogP contribution in [0.1, 0.15) is 21.5 Å². The molecule has 0 atom stereocenters. The molecule has 2 rings (SSSR count). The molecule has 17 heavy (non-hydrogen) atoms. The van der Waals surface area contributed by atoms with Crippen molar-refractivity contribution in [2.45, 2.75) is 13.8 Å². The Morgan fingerprint density at radius 2 is 1.24 bits per heavy atom. The maximum Gasteiger partial charge on any atom is 0.150 e. The first-order valence-electron chi connectivity index (χ1n) is 5.36. The molecule has 0 aliphatic carbocycles. The fourth-order valence-electron chi connectivity index (χ4n) is 1.18. The first kappa shape index (κ1) is 13.5. The molecule has 2 aromatic carbocycles. The minimum Gasteiger partial charge on any atom is -0.298 e. The molecule has 0 fully saturated rings. The molecule has 0 bridgehead atoms. The van der Waals surface area contributed by atoms with Crippen LogP contribution in [0.25, 0.3) is 0 Å². The minimum absolute atomic E-state index is 0.652. The Labute approximate surface area is 107 Å². The molecule has 0 saturated heterocycles. The second-order valence-corrected chi connectivity index (χ2v) is 4.26. The molecule has 2 heteroatoms. The largest absolute Gasteiger partial charge is 0.298 e. The van der Waals surface area contributed by atoms with Crippen molar-refractivity contribution in [3.8, 4) is 0 Å². The summed E-state index contributed by atoms with van der Waals surface area (Å²) < 4.78 is 0. The average Bonchev–Trinajstić information content (AvgIpc) is 2.35. The van der Waals surface area contributed by atoms with Crippen LogP contribution < -0.4 is 0 Å². The van der Waals surface area contributed by atoms with E-state index in [0.717, 1.165) is 6.29 Å². The summed E-state index contributed by atoms with van der Waals surface area (Å²) in [5, 5.41) is 0.653. The van der Waals surface area contributed by atoms with E-state index in [2.05, 4.69) is 38.1 Å². The first-order valence-corrected chi connectivity index (χ1v) is 5.73. The highest BCUT2D eigenvalue weighted by Gasteiger charge is 1.86. The van der Waals surface area contributed by atoms with Crippen molar-refractivity contribution in [3.05, 3.63) is 70.2 Å². The Bertz CT molecular complexity index is 436. The summed E-state index contributed by atoms with van der Waals surface area (Å²) >= 11 is 5.55. The normalized spacial score (nSPS) is 9.12. The van der Waals surface area contributed by atoms with Crippen molar-refractivity contribution in [2.24, 2.45) is 0 Å². The molecule has 1 nitrogen and oxygen atoms in total. The number of hydrogen-bond acceptors (Lipinski definition) is 1. The molecule has 0 radical (unpaired) electrons. The molecule has 0 amide bonds. The molecule has 0 aliphatic heterocycles. The van der Waals surface area contributed by atoms with Crippen LogP contribution in [0.5, 0.6) is 0 Å². The molecule has 0 aromatic heterocycles. The van der Waals surface area contributed by atoms with Crippen LogP contribution in [0.15, 0.2) is 48.5 Å². The van der Waals surface area contributed by atoms with Gasteiger partial charge < -0.3 is 0 Å². The van der Waals surface area contributed by atoms with Gasteiger partial charge in [0.05, 0.1) is 0 Å². The summed E-state index contributed by atoms with van der Waals surface area (Å²) in [5.74, 6) is 0. The Morgan fingerprint density at radius 3 is 1.59 bits per heavy atom. The maximum atomic E-state index is 10.1. The van der Waals surface area contributed by atoms with Crippen molar-refractivity contribution >= 4 is 17.9 Å². The van der Waals surface area contributed by atoms with Gasteiger partial charge in [0.1, 0.15) is 6.29 Å². The first-order chi connectivity index (χ1) is 8.11. The van der Waals surface area contributed by atoms with E-state index in [4.69, 9.17) is 11.6 Å². The lowest BCUT2D eigenvalue weighted by molar-refractivity contribution is 0.112. The third kappa shape index (κ3) is 5.32. The number of carbonyl (C=O) groups excluding carboxylic acids is 1. The van der Waals surface area contributed by atoms with E-state index in [0.29, 0.717) is 10.6 Å². The summed E-state index contributed by atoms with van der Waals surface area (Å²) in [6, 6.07) is 15.2. The van der Waals surface area contributed by atoms with E-state index in [9.17, 15) is 4.79 Å². The number of aryl methyl sites for hydroxylation is 2. The van der Waals surface area contributed by atoms with Gasteiger partial charge in [0, 0.05) is 10.6 Å². The predicted octanol–water partition coefficient (Wildman–Crippen LogP) is 4.46. The highest BCUT2D eigenvalue weighted by atomic mass is 35.5. The van der Waals surface area contributed by atoms with Crippen molar-refractivity contribution in [3.63, 3.8) is 0 Å². The minimum atomic E-state index is 0.652. The Hall–Kier alpha value is -1.60. The molecule has 0 unspecified atom stereocenters. The summed E-state index contributed by atoms with van der Waals surface area (Å²) in [6.45, 7) is 4.19. The van der Waals surface area contributed by atoms with Crippen LogP contribution in [0.2, 0.25) is 5.02 Å². The molecule has 0 N–H and O–H groups in total. The van der Waals surface area contributed by atoms with Crippen LogP contribution in [-0.4, -0.2) is 6.29 Å². The highest BCUT2D eigenvalue weighted by molar-refractivity contribution is 6.30. The third-order valence-corrected chi connectivity index (χ3v) is 2.48. The number of aldehydes is 1. The number of halogens is 1. The van der Waals surface area contributed by atoms with Gasteiger partial charge in [-0.25, -0.2) is 0 Å². The van der Waals surface area contributed by atoms with Crippen molar-refractivity contribution < 1.29 is 4.79 Å². The summed E-state index contributed by atoms with van der Waals surface area (Å²) in [5.41, 5.74) is 3.31. The Balaban J connectivity index is 0.000000171. The van der Waals surface area contributed by atoms with Gasteiger partial charge in [-0.05, 0) is 26.0 Å². The molecular formula is C15H15ClO. The number of hydrogen-bond donors (Lipinski definition) is 0. The van der Waals surface area contributed by atoms with Crippen LogP contribution in [0, 0.1) is 13.8 Å². The highest BCUT2D eigenvalue weighted by Crippen LogP contribution is 2.07. The van der Waals surface area contributed by atoms with Gasteiger partial charge in [-0.2, -0.15) is 0 Å². The second kappa shape index (κ2) is 6.87. The van der Waals surface area contributed by atoms with Crippen LogP contribution in [0.3, 0.4) is 0 Å². The van der Waals surface area contributed by atoms with Gasteiger partial charge in [0.25, 0.3) is 0 Å². The van der Waals surface area contributed by atoms with Gasteiger partial charge in [-0.3, -0.25) is 4.79 Å². The topological polar surface area (TPSA) is 17.1 Å². The van der Waals surface area contributed by atoms with Gasteiger partial charge in [-0.15, -0.1) is 0 Å². The smallest absolute Gasteiger partial charge is 0.150 e. The molecular weight excluding hydrogens is 232 g/mol. The molecule has 2 aromatic rings. The molecule has 0 heterocycles. The summed E-state index contributed by atoms with van der Waals surface area (Å²) in [6.07, 6.45) is 0.788. The van der Waals surface area contributed by atoms with Crippen molar-refractivity contribution in [2.75, 3.05) is 0 Å². The van der Waals surface area contributed by atoms with E-state index in [1.807, 2.05) is 0 Å². The van der Waals surface area contributed by atoms with Crippen molar-refractivity contribution in [1.82, 2.24) is 0 Å². The second-order valence-electron chi connectivity index (χ2n) is 3.82.